The summed E-state index contributed by atoms with van der Waals surface area (Å²) in [5.74, 6) is 0.607. The highest BCUT2D eigenvalue weighted by Crippen LogP contribution is 2.22. The minimum atomic E-state index is -0.700. The van der Waals surface area contributed by atoms with E-state index >= 15 is 0 Å². The Morgan fingerprint density at radius 3 is 2.36 bits per heavy atom. The first-order valence-electron chi connectivity index (χ1n) is 9.15. The zero-order valence-corrected chi connectivity index (χ0v) is 17.2. The molecule has 0 aromatic carbocycles. The molecule has 10 heteroatoms. The van der Waals surface area contributed by atoms with Crippen LogP contribution in [0.2, 0.25) is 0 Å². The highest BCUT2D eigenvalue weighted by molar-refractivity contribution is 6.23. The smallest absolute Gasteiger partial charge is 0.383 e. The second-order valence-electron chi connectivity index (χ2n) is 6.89. The second-order valence-corrected chi connectivity index (χ2v) is 6.89. The molecule has 1 aromatic heterocycles. The van der Waals surface area contributed by atoms with E-state index in [1.165, 1.54) is 16.9 Å². The maximum absolute atomic E-state index is 13.2. The van der Waals surface area contributed by atoms with E-state index < -0.39 is 12.1 Å². The Hall–Kier alpha value is -2.59. The molecule has 1 unspecified atom stereocenters. The van der Waals surface area contributed by atoms with Crippen molar-refractivity contribution in [2.24, 2.45) is 4.99 Å². The van der Waals surface area contributed by atoms with Gasteiger partial charge in [-0.05, 0) is 20.8 Å². The third-order valence-electron chi connectivity index (χ3n) is 5.29. The molecule has 3 rings (SSSR count). The van der Waals surface area contributed by atoms with E-state index in [1.807, 2.05) is 25.3 Å². The van der Waals surface area contributed by atoms with Gasteiger partial charge in [-0.3, -0.25) is 14.6 Å². The molecule has 1 aromatic rings. The van der Waals surface area contributed by atoms with Gasteiger partial charge >= 0.3 is 12.0 Å². The van der Waals surface area contributed by atoms with E-state index in [0.717, 1.165) is 17.0 Å². The van der Waals surface area contributed by atoms with Crippen LogP contribution in [-0.4, -0.2) is 102 Å². The largest absolute Gasteiger partial charge is 0.421 e. The Balaban J connectivity index is 2.10. The van der Waals surface area contributed by atoms with E-state index in [9.17, 15) is 9.59 Å². The van der Waals surface area contributed by atoms with Crippen molar-refractivity contribution in [3.05, 3.63) is 17.0 Å². The molecule has 0 N–H and O–H groups in total. The predicted octanol–water partition coefficient (Wildman–Crippen LogP) is -0.00754. The van der Waals surface area contributed by atoms with Crippen molar-refractivity contribution < 1.29 is 23.6 Å². The summed E-state index contributed by atoms with van der Waals surface area (Å²) in [5, 5.41) is 4.59. The number of urea groups is 1. The number of amides is 3. The number of nitrogens with zero attached hydrogens (tertiary/aromatic N) is 6. The summed E-state index contributed by atoms with van der Waals surface area (Å²) in [6.07, 6.45) is 0. The lowest BCUT2D eigenvalue weighted by Gasteiger charge is -2.33. The summed E-state index contributed by atoms with van der Waals surface area (Å²) in [5.41, 5.74) is 2.89. The molecule has 10 nitrogen and oxygen atoms in total. The highest BCUT2D eigenvalue weighted by atomic mass is 16.5. The topological polar surface area (TPSA) is 92.3 Å². The number of amidine groups is 1. The van der Waals surface area contributed by atoms with E-state index in [4.69, 9.17) is 9.47 Å². The highest BCUT2D eigenvalue weighted by Gasteiger charge is 2.53. The van der Waals surface area contributed by atoms with Gasteiger partial charge in [0.1, 0.15) is 5.69 Å². The third kappa shape index (κ3) is 3.12. The zero-order valence-electron chi connectivity index (χ0n) is 17.2. The van der Waals surface area contributed by atoms with Crippen molar-refractivity contribution in [2.75, 3.05) is 47.6 Å². The van der Waals surface area contributed by atoms with Crippen molar-refractivity contribution in [2.45, 2.75) is 26.8 Å². The Kier molecular flexibility index (Phi) is 5.61. The summed E-state index contributed by atoms with van der Waals surface area (Å²) < 4.78 is 13.9. The third-order valence-corrected chi connectivity index (χ3v) is 5.29. The minimum absolute atomic E-state index is 0.189. The summed E-state index contributed by atoms with van der Waals surface area (Å²) in [7, 11) is 4.77. The van der Waals surface area contributed by atoms with Crippen LogP contribution in [0, 0.1) is 20.8 Å². The van der Waals surface area contributed by atoms with E-state index in [-0.39, 0.29) is 19.1 Å². The molecule has 0 saturated carbocycles. The van der Waals surface area contributed by atoms with Crippen molar-refractivity contribution in [3.8, 4) is 0 Å². The number of aliphatic imine (C=N–C) groups is 1. The number of likely N-dealkylation sites (N-methyl/N-ethyl adjacent to an activating group) is 1. The number of carbonyl (C=O) groups is 2. The maximum Gasteiger partial charge on any atom is 0.421 e. The number of hydrogen-bond acceptors (Lipinski definition) is 6. The number of fused-ring (bicyclic) bond motifs is 1. The van der Waals surface area contributed by atoms with Crippen LogP contribution in [0.15, 0.2) is 4.99 Å². The molecule has 1 fully saturated rings. The molecular weight excluding hydrogens is 364 g/mol. The van der Waals surface area contributed by atoms with Crippen LogP contribution in [0.25, 0.3) is 0 Å². The van der Waals surface area contributed by atoms with Crippen molar-refractivity contribution >= 4 is 23.7 Å². The molecule has 0 aliphatic carbocycles. The van der Waals surface area contributed by atoms with Gasteiger partial charge in [-0.25, -0.2) is 9.37 Å². The van der Waals surface area contributed by atoms with Crippen LogP contribution in [0.5, 0.6) is 0 Å². The van der Waals surface area contributed by atoms with E-state index in [0.29, 0.717) is 24.9 Å². The first-order chi connectivity index (χ1) is 13.3. The van der Waals surface area contributed by atoms with E-state index in [2.05, 4.69) is 10.1 Å². The molecule has 0 spiro atoms. The fourth-order valence-corrected chi connectivity index (χ4v) is 3.40. The zero-order chi connectivity index (χ0) is 20.6. The van der Waals surface area contributed by atoms with Crippen molar-refractivity contribution in [1.29, 1.82) is 0 Å². The fourth-order valence-electron chi connectivity index (χ4n) is 3.40. The molecule has 3 amide bonds. The molecule has 0 radical (unpaired) electrons. The molecular formula is C18H27N6O4+. The van der Waals surface area contributed by atoms with Gasteiger partial charge in [0.05, 0.1) is 32.0 Å². The van der Waals surface area contributed by atoms with Crippen LogP contribution >= 0.6 is 0 Å². The number of rotatable bonds is 6. The standard InChI is InChI=1S/C18H27N6O4/c1-11-12(2)20-24(13(11)3)17-19-15-14(22(17)7-9-27-5)16(25)23(8-10-28-6)18(26)21(15)4/h14H,7-10H2,1-6H3/q+1. The van der Waals surface area contributed by atoms with Gasteiger partial charge < -0.3 is 9.47 Å². The molecule has 1 saturated heterocycles. The van der Waals surface area contributed by atoms with Crippen LogP contribution in [-0.2, 0) is 14.3 Å². The SMILES string of the molecule is COCCN1C(=O)C2C(=NC(n3nc(C)c(C)c3C)=[N+]2CCOC)N(C)C1=O. The van der Waals surface area contributed by atoms with Gasteiger partial charge in [0.2, 0.25) is 11.9 Å². The summed E-state index contributed by atoms with van der Waals surface area (Å²) in [6.45, 7) is 7.19. The van der Waals surface area contributed by atoms with Crippen LogP contribution in [0.4, 0.5) is 4.79 Å². The minimum Gasteiger partial charge on any atom is -0.383 e. The van der Waals surface area contributed by atoms with Gasteiger partial charge in [-0.1, -0.05) is 4.99 Å². The average molecular weight is 391 g/mol. The Morgan fingerprint density at radius 1 is 1.11 bits per heavy atom. The van der Waals surface area contributed by atoms with Crippen molar-refractivity contribution in [3.63, 3.8) is 0 Å². The number of hydrogen-bond donors (Lipinski definition) is 0. The lowest BCUT2D eigenvalue weighted by atomic mass is 10.1. The normalized spacial score (nSPS) is 19.6. The number of aryl methyl sites for hydroxylation is 1. The van der Waals surface area contributed by atoms with Crippen LogP contribution < -0.4 is 0 Å². The predicted molar refractivity (Wildman–Crippen MR) is 102 cm³/mol. The average Bonchev–Trinajstić information content (AvgIpc) is 3.17. The fraction of sp³-hybridized carbons (Fsp3) is 0.611. The quantitative estimate of drug-likeness (QED) is 0.636. The maximum atomic E-state index is 13.2. The molecule has 2 aliphatic heterocycles. The first-order valence-corrected chi connectivity index (χ1v) is 9.15. The Bertz CT molecular complexity index is 872. The van der Waals surface area contributed by atoms with Crippen LogP contribution in [0.3, 0.4) is 0 Å². The first kappa shape index (κ1) is 20.2. The molecule has 3 heterocycles. The monoisotopic (exact) mass is 391 g/mol. The van der Waals surface area contributed by atoms with Gasteiger partial charge in [0.15, 0.2) is 0 Å². The summed E-state index contributed by atoms with van der Waals surface area (Å²) >= 11 is 0. The Morgan fingerprint density at radius 2 is 1.79 bits per heavy atom. The van der Waals surface area contributed by atoms with E-state index in [1.54, 1.807) is 18.8 Å². The van der Waals surface area contributed by atoms with Gasteiger partial charge in [0.25, 0.3) is 5.91 Å². The number of methoxy groups -OCH3 is 2. The Labute approximate surface area is 164 Å². The lowest BCUT2D eigenvalue weighted by molar-refractivity contribution is -0.539. The second kappa shape index (κ2) is 7.80. The number of ether oxygens (including phenoxy) is 2. The molecule has 152 valence electrons. The van der Waals surface area contributed by atoms with Gasteiger partial charge in [-0.15, -0.1) is 9.78 Å². The molecule has 28 heavy (non-hydrogen) atoms. The summed E-state index contributed by atoms with van der Waals surface area (Å²) in [4.78, 5) is 33.2. The molecule has 2 aliphatic rings. The number of aromatic nitrogens is 2. The summed E-state index contributed by atoms with van der Waals surface area (Å²) in [6, 6.07) is -1.11. The molecule has 0 bridgehead atoms. The van der Waals surface area contributed by atoms with Crippen LogP contribution in [0.1, 0.15) is 17.0 Å². The van der Waals surface area contributed by atoms with Gasteiger partial charge in [0, 0.05) is 26.8 Å². The number of carbonyl (C=O) groups excluding carboxylic acids is 2. The lowest BCUT2D eigenvalue weighted by Crippen LogP contribution is -2.63. The molecule has 1 atom stereocenters. The number of imide groups is 1. The van der Waals surface area contributed by atoms with Gasteiger partial charge in [-0.2, -0.15) is 0 Å². The van der Waals surface area contributed by atoms with Crippen molar-refractivity contribution in [1.82, 2.24) is 19.6 Å².